The number of amides is 2. The Morgan fingerprint density at radius 3 is 1.80 bits per heavy atom. The van der Waals surface area contributed by atoms with Gasteiger partial charge in [-0.25, -0.2) is 23.4 Å². The number of anilines is 5. The lowest BCUT2D eigenvalue weighted by molar-refractivity contribution is -0.138. The molecule has 630 valence electrons. The van der Waals surface area contributed by atoms with Crippen molar-refractivity contribution in [1.82, 2.24) is 29.2 Å². The smallest absolute Gasteiger partial charge is 0.417 e. The van der Waals surface area contributed by atoms with Crippen LogP contribution in [0.25, 0.3) is 32.2 Å². The fourth-order valence-corrected chi connectivity index (χ4v) is 17.3. The zero-order valence-corrected chi connectivity index (χ0v) is 69.9. The number of sulfonamides is 1. The molecule has 4 aromatic heterocycles. The van der Waals surface area contributed by atoms with Crippen molar-refractivity contribution in [2.45, 2.75) is 81.9 Å². The van der Waals surface area contributed by atoms with Crippen LogP contribution in [0.15, 0.2) is 271 Å². The number of carbonyl (C=O) groups is 4. The van der Waals surface area contributed by atoms with E-state index in [0.717, 1.165) is 101 Å². The lowest BCUT2D eigenvalue weighted by Crippen LogP contribution is -2.45. The summed E-state index contributed by atoms with van der Waals surface area (Å²) in [5.74, 6) is 4.80. The maximum Gasteiger partial charge on any atom is 0.417 e. The molecule has 2 fully saturated rings. The molecule has 4 N–H and O–H groups in total. The number of pyridine rings is 2. The second kappa shape index (κ2) is 40.7. The van der Waals surface area contributed by atoms with Crippen LogP contribution in [-0.4, -0.2) is 130 Å². The number of imidazole rings is 1. The van der Waals surface area contributed by atoms with Gasteiger partial charge in [-0.2, -0.15) is 17.9 Å². The summed E-state index contributed by atoms with van der Waals surface area (Å²) >= 11 is 1.73. The van der Waals surface area contributed by atoms with E-state index in [9.17, 15) is 40.8 Å². The minimum Gasteiger partial charge on any atom is -0.497 e. The van der Waals surface area contributed by atoms with Gasteiger partial charge in [0, 0.05) is 68.2 Å². The van der Waals surface area contributed by atoms with Crippen LogP contribution in [0.3, 0.4) is 0 Å². The third-order valence-corrected chi connectivity index (χ3v) is 23.5. The van der Waals surface area contributed by atoms with E-state index >= 15 is 0 Å². The summed E-state index contributed by atoms with van der Waals surface area (Å²) in [5.41, 5.74) is 7.85. The van der Waals surface area contributed by atoms with Gasteiger partial charge in [0.2, 0.25) is 21.9 Å². The number of carbonyl (C=O) groups excluding carboxylic acids is 4. The number of nitrogens with one attached hydrogen (secondary N) is 4. The Kier molecular flexibility index (Phi) is 28.9. The van der Waals surface area contributed by atoms with Crippen LogP contribution in [0.1, 0.15) is 73.7 Å². The van der Waals surface area contributed by atoms with Crippen molar-refractivity contribution in [3.05, 3.63) is 289 Å². The molecule has 9 aromatic carbocycles. The number of ketones is 2. The van der Waals surface area contributed by atoms with Gasteiger partial charge >= 0.3 is 6.18 Å². The molecule has 23 nitrogen and oxygen atoms in total. The second-order valence-electron chi connectivity index (χ2n) is 29.5. The van der Waals surface area contributed by atoms with Gasteiger partial charge in [0.15, 0.2) is 39.7 Å². The Balaban J connectivity index is 0.000000140. The molecule has 0 aliphatic carbocycles. The Morgan fingerprint density at radius 2 is 1.17 bits per heavy atom. The lowest BCUT2D eigenvalue weighted by Gasteiger charge is -2.33. The van der Waals surface area contributed by atoms with E-state index in [2.05, 4.69) is 52.2 Å². The van der Waals surface area contributed by atoms with Crippen LogP contribution in [0.4, 0.5) is 41.4 Å². The first kappa shape index (κ1) is 86.7. The van der Waals surface area contributed by atoms with E-state index in [1.807, 2.05) is 176 Å². The van der Waals surface area contributed by atoms with Gasteiger partial charge in [-0.05, 0) is 178 Å². The number of ether oxygens (including phenoxy) is 6. The van der Waals surface area contributed by atoms with E-state index in [-0.39, 0.29) is 54.0 Å². The predicted octanol–water partition coefficient (Wildman–Crippen LogP) is 18.0. The molecule has 122 heavy (non-hydrogen) atoms. The van der Waals surface area contributed by atoms with E-state index < -0.39 is 33.7 Å². The molecule has 0 radical (unpaired) electrons. The molecule has 4 unspecified atom stereocenters. The number of aryl methyl sites for hydroxylation is 1. The van der Waals surface area contributed by atoms with Crippen LogP contribution in [-0.2, 0) is 41.8 Å². The first-order valence-corrected chi connectivity index (χ1v) is 42.2. The van der Waals surface area contributed by atoms with E-state index in [1.165, 1.54) is 23.9 Å². The standard InChI is InChI=1S/C26H24N4O3.C25H23N3O3S.C22H24N2O3S.C21H23F3N2O3/c1-16-23(25(31)28-20-9-5-7-11-22(20)33-3)24(17-12-14-18(32-2)15-13-17)30-21-10-6-4-8-19(21)29-26(30)27-16;1-18-12-14-21(15-13-18)27-25(29)22(17-19-7-3-2-4-8-19)28-32(30,31)23-11-5-9-20-10-6-16-26-24(20)23;1-26-19-9-3-4-10-20(19)27-15-17(25)13-16-7-6-12-24(14-16)22-23-18-8-2-5-11-21(18)28-22;1-28-18-6-2-3-7-19(18)29-14-17(27)11-15-5-4-10-26(13-15)20-9-8-16(12-25-20)21(22,23)24/h4-15,24H,1-3H3,(H,27,29)(H,28,31);2-16,22,28H,17H2,1H3,(H,27,29);2-5,8-11,16H,6-7,12-15H2,1H3;2-3,6-9,12,15H,4-5,10-11,13-14H2,1H3. The van der Waals surface area contributed by atoms with Crippen molar-refractivity contribution < 1.29 is 69.2 Å². The van der Waals surface area contributed by atoms with Crippen molar-refractivity contribution >= 4 is 105 Å². The van der Waals surface area contributed by atoms with Gasteiger partial charge in [0.05, 0.1) is 78.1 Å². The number of Topliss-reactive ketones (excluding diaryl/α,β-unsaturated/α-hetero) is 2. The summed E-state index contributed by atoms with van der Waals surface area (Å²) < 4.78 is 103. The molecule has 0 bridgehead atoms. The molecule has 0 saturated carbocycles. The number of nitrogens with zero attached hydrogens (tertiary/aromatic N) is 7. The number of thiazole rings is 1. The van der Waals surface area contributed by atoms with Crippen LogP contribution in [0.2, 0.25) is 0 Å². The quantitative estimate of drug-likeness (QED) is 0.0392. The van der Waals surface area contributed by atoms with Gasteiger partial charge < -0.3 is 54.2 Å². The topological polar surface area (TPSA) is 269 Å². The summed E-state index contributed by atoms with van der Waals surface area (Å²) in [4.78, 5) is 73.7. The van der Waals surface area contributed by atoms with Crippen LogP contribution < -0.4 is 58.9 Å². The maximum absolute atomic E-state index is 13.7. The van der Waals surface area contributed by atoms with E-state index in [4.69, 9.17) is 38.4 Å². The second-order valence-corrected chi connectivity index (χ2v) is 32.2. The third kappa shape index (κ3) is 22.3. The number of allylic oxidation sites excluding steroid dienone is 1. The number of benzene rings is 9. The highest BCUT2D eigenvalue weighted by Gasteiger charge is 2.36. The minimum absolute atomic E-state index is 0.0249. The molecular weight excluding hydrogens is 1600 g/mol. The molecule has 4 atom stereocenters. The Labute approximate surface area is 709 Å². The Hall–Kier alpha value is -13.2. The molecule has 28 heteroatoms. The lowest BCUT2D eigenvalue weighted by atomic mass is 9.93. The first-order chi connectivity index (χ1) is 59.1. The van der Waals surface area contributed by atoms with Crippen molar-refractivity contribution in [3.8, 4) is 34.5 Å². The molecular formula is C94H94F3N11O12S2. The summed E-state index contributed by atoms with van der Waals surface area (Å²) in [6, 6.07) is 72.0. The van der Waals surface area contributed by atoms with Gasteiger partial charge in [0.25, 0.3) is 5.91 Å². The molecule has 0 spiro atoms. The molecule has 13 aromatic rings. The molecule has 16 rings (SSSR count). The van der Waals surface area contributed by atoms with Gasteiger partial charge in [-0.3, -0.25) is 28.7 Å². The number of aromatic nitrogens is 5. The maximum atomic E-state index is 13.7. The fourth-order valence-electron chi connectivity index (χ4n) is 14.9. The van der Waals surface area contributed by atoms with Crippen molar-refractivity contribution in [1.29, 1.82) is 0 Å². The van der Waals surface area contributed by atoms with E-state index in [0.29, 0.717) is 100 Å². The van der Waals surface area contributed by atoms with Crippen molar-refractivity contribution in [2.24, 2.45) is 11.8 Å². The predicted molar refractivity (Wildman–Crippen MR) is 470 cm³/mol. The van der Waals surface area contributed by atoms with Gasteiger partial charge in [-0.15, -0.1) is 0 Å². The highest BCUT2D eigenvalue weighted by molar-refractivity contribution is 7.89. The minimum atomic E-state index is -4.40. The average molecular weight is 1690 g/mol. The number of hydrogen-bond donors (Lipinski definition) is 4. The highest BCUT2D eigenvalue weighted by Crippen LogP contribution is 2.42. The SMILES string of the molecule is COc1ccc(C2C(C(=O)Nc3ccccc3OC)=C(C)Nc3nc4ccccc4n32)cc1.COc1ccccc1OCC(=O)CC1CCCN(c2ccc(C(F)(F)F)cn2)C1.COc1ccccc1OCC(=O)CC1CCCN(c2nc3ccccc3s2)C1.Cc1ccc(NC(=O)C(Cc2ccccc2)NS(=O)(=O)c2cccc3cccnc23)cc1. The van der Waals surface area contributed by atoms with Crippen LogP contribution in [0, 0.1) is 18.8 Å². The molecule has 7 heterocycles. The fraction of sp³-hybridized carbons (Fsp3) is 0.255. The number of methoxy groups -OCH3 is 4. The number of piperidine rings is 2. The van der Waals surface area contributed by atoms with Gasteiger partial charge in [0.1, 0.15) is 41.5 Å². The summed E-state index contributed by atoms with van der Waals surface area (Å²) in [5, 5.41) is 11.0. The zero-order valence-electron chi connectivity index (χ0n) is 68.2. The monoisotopic (exact) mass is 1690 g/mol. The number of halogens is 3. The third-order valence-electron chi connectivity index (χ3n) is 20.9. The summed E-state index contributed by atoms with van der Waals surface area (Å²) in [6.07, 6.45) is 3.00. The number of fused-ring (bicyclic) bond motifs is 5. The van der Waals surface area contributed by atoms with Crippen LogP contribution in [0.5, 0.6) is 34.5 Å². The van der Waals surface area contributed by atoms with Crippen LogP contribution >= 0.6 is 11.3 Å². The van der Waals surface area contributed by atoms with E-state index in [1.54, 1.807) is 93.5 Å². The Bertz CT molecular complexity index is 5880. The highest BCUT2D eigenvalue weighted by atomic mass is 32.2. The average Bonchev–Trinajstić information content (AvgIpc) is 1.56. The largest absolute Gasteiger partial charge is 0.497 e. The molecule has 2 amide bonds. The summed E-state index contributed by atoms with van der Waals surface area (Å²) in [7, 11) is 2.34. The number of alkyl halides is 3. The van der Waals surface area contributed by atoms with Crippen molar-refractivity contribution in [2.75, 3.05) is 93.6 Å². The molecule has 2 saturated heterocycles. The zero-order chi connectivity index (χ0) is 85.7. The number of para-hydroxylation sites is 10. The number of rotatable bonds is 26. The molecule has 3 aliphatic rings. The first-order valence-electron chi connectivity index (χ1n) is 39.9. The van der Waals surface area contributed by atoms with Gasteiger partial charge in [-0.1, -0.05) is 150 Å². The summed E-state index contributed by atoms with van der Waals surface area (Å²) in [6.45, 7) is 7.06. The Morgan fingerprint density at radius 1 is 0.582 bits per heavy atom. The normalized spacial score (nSPS) is 15.3. The van der Waals surface area contributed by atoms with Crippen molar-refractivity contribution in [3.63, 3.8) is 0 Å². The number of hydrogen-bond acceptors (Lipinski definition) is 20. The molecule has 3 aliphatic heterocycles.